The second-order valence-corrected chi connectivity index (χ2v) is 5.38. The summed E-state index contributed by atoms with van der Waals surface area (Å²) >= 11 is 0. The van der Waals surface area contributed by atoms with Gasteiger partial charge in [0.2, 0.25) is 0 Å². The van der Waals surface area contributed by atoms with Crippen LogP contribution in [0.15, 0.2) is 85.6 Å². The van der Waals surface area contributed by atoms with Gasteiger partial charge in [-0.3, -0.25) is 9.78 Å². The summed E-state index contributed by atoms with van der Waals surface area (Å²) in [6.07, 6.45) is 5.88. The molecule has 1 amide bonds. The lowest BCUT2D eigenvalue weighted by atomic mass is 10.1. The van der Waals surface area contributed by atoms with Crippen LogP contribution < -0.4 is 10.1 Å². The number of pyridine rings is 1. The number of rotatable bonds is 5. The maximum absolute atomic E-state index is 12.6. The molecule has 128 valence electrons. The fourth-order valence-electron chi connectivity index (χ4n) is 2.40. The molecule has 0 aliphatic rings. The lowest BCUT2D eigenvalue weighted by molar-refractivity contribution is -0.129. The van der Waals surface area contributed by atoms with Crippen LogP contribution in [-0.2, 0) is 4.79 Å². The van der Waals surface area contributed by atoms with Gasteiger partial charge in [0, 0.05) is 23.2 Å². The minimum absolute atomic E-state index is 0.285. The minimum Gasteiger partial charge on any atom is -0.423 e. The number of nitrogens with one attached hydrogen (secondary N) is 1. The topological polar surface area (TPSA) is 68.3 Å². The van der Waals surface area contributed by atoms with Gasteiger partial charge in [-0.25, -0.2) is 4.79 Å². The molecule has 0 bridgehead atoms. The third-order valence-corrected chi connectivity index (χ3v) is 3.56. The third-order valence-electron chi connectivity index (χ3n) is 3.56. The van der Waals surface area contributed by atoms with Gasteiger partial charge < -0.3 is 10.1 Å². The molecule has 0 spiro atoms. The van der Waals surface area contributed by atoms with E-state index in [2.05, 4.69) is 16.9 Å². The van der Waals surface area contributed by atoms with E-state index in [0.717, 1.165) is 5.39 Å². The van der Waals surface area contributed by atoms with E-state index < -0.39 is 5.97 Å². The van der Waals surface area contributed by atoms with Gasteiger partial charge >= 0.3 is 5.97 Å². The number of hydrogen-bond acceptors (Lipinski definition) is 4. The van der Waals surface area contributed by atoms with Gasteiger partial charge in [-0.2, -0.15) is 0 Å². The zero-order valence-electron chi connectivity index (χ0n) is 13.9. The zero-order valence-corrected chi connectivity index (χ0v) is 13.9. The normalized spacial score (nSPS) is 10.6. The molecule has 3 aromatic rings. The maximum Gasteiger partial charge on any atom is 0.336 e. The minimum atomic E-state index is -0.541. The van der Waals surface area contributed by atoms with Crippen LogP contribution in [0, 0.1) is 0 Å². The van der Waals surface area contributed by atoms with Crippen LogP contribution in [0.2, 0.25) is 0 Å². The van der Waals surface area contributed by atoms with Gasteiger partial charge in [0.25, 0.3) is 5.91 Å². The van der Waals surface area contributed by atoms with E-state index in [1.54, 1.807) is 30.5 Å². The number of anilines is 1. The summed E-state index contributed by atoms with van der Waals surface area (Å²) in [5.41, 5.74) is 1.70. The van der Waals surface area contributed by atoms with Gasteiger partial charge in [-0.15, -0.1) is 0 Å². The second kappa shape index (κ2) is 7.90. The molecule has 1 aromatic heterocycles. The Balaban J connectivity index is 1.79. The number of ether oxygens (including phenoxy) is 1. The van der Waals surface area contributed by atoms with Crippen molar-refractivity contribution >= 4 is 28.5 Å². The summed E-state index contributed by atoms with van der Waals surface area (Å²) in [4.78, 5) is 28.5. The van der Waals surface area contributed by atoms with Gasteiger partial charge in [0.05, 0.1) is 11.2 Å². The van der Waals surface area contributed by atoms with E-state index in [-0.39, 0.29) is 11.7 Å². The summed E-state index contributed by atoms with van der Waals surface area (Å²) < 4.78 is 5.16. The molecule has 5 nitrogen and oxygen atoms in total. The van der Waals surface area contributed by atoms with Crippen molar-refractivity contribution in [3.8, 4) is 5.75 Å². The van der Waals surface area contributed by atoms with Crippen LogP contribution in [0.5, 0.6) is 5.75 Å². The fourth-order valence-corrected chi connectivity index (χ4v) is 2.40. The number of nitrogens with zero attached hydrogens (tertiary/aromatic N) is 1. The molecule has 26 heavy (non-hydrogen) atoms. The van der Waals surface area contributed by atoms with E-state index in [1.807, 2.05) is 24.3 Å². The molecular weight excluding hydrogens is 328 g/mol. The Morgan fingerprint density at radius 3 is 2.73 bits per heavy atom. The first kappa shape index (κ1) is 17.1. The number of carbonyl (C=O) groups is 2. The largest absolute Gasteiger partial charge is 0.423 e. The maximum atomic E-state index is 12.6. The second-order valence-electron chi connectivity index (χ2n) is 5.38. The molecule has 0 radical (unpaired) electrons. The van der Waals surface area contributed by atoms with Crippen LogP contribution in [0.1, 0.15) is 10.4 Å². The quantitative estimate of drug-likeness (QED) is 0.327. The number of benzene rings is 2. The number of aromatic nitrogens is 1. The Hall–Kier alpha value is -3.73. The number of fused-ring (bicyclic) bond motifs is 1. The van der Waals surface area contributed by atoms with Crippen molar-refractivity contribution in [2.24, 2.45) is 0 Å². The molecule has 0 aliphatic carbocycles. The Morgan fingerprint density at radius 1 is 1.08 bits per heavy atom. The molecule has 2 aromatic carbocycles. The van der Waals surface area contributed by atoms with Crippen molar-refractivity contribution < 1.29 is 14.3 Å². The third kappa shape index (κ3) is 4.02. The highest BCUT2D eigenvalue weighted by Gasteiger charge is 2.11. The Morgan fingerprint density at radius 2 is 1.88 bits per heavy atom. The fraction of sp³-hybridized carbons (Fsp3) is 0. The number of esters is 1. The summed E-state index contributed by atoms with van der Waals surface area (Å²) in [5.74, 6) is -0.573. The number of carbonyl (C=O) groups excluding carboxylic acids is 2. The molecule has 1 heterocycles. The Kier molecular flexibility index (Phi) is 5.19. The summed E-state index contributed by atoms with van der Waals surface area (Å²) in [5, 5.41) is 3.78. The number of amides is 1. The molecule has 1 N–H and O–H groups in total. The summed E-state index contributed by atoms with van der Waals surface area (Å²) in [6, 6.07) is 15.7. The Bertz CT molecular complexity index is 1000. The first-order valence-electron chi connectivity index (χ1n) is 7.93. The molecular formula is C21H16N2O3. The van der Waals surface area contributed by atoms with E-state index in [1.165, 1.54) is 24.3 Å². The van der Waals surface area contributed by atoms with Crippen LogP contribution in [0.25, 0.3) is 10.9 Å². The van der Waals surface area contributed by atoms with E-state index in [0.29, 0.717) is 16.8 Å². The predicted molar refractivity (Wildman–Crippen MR) is 101 cm³/mol. The highest BCUT2D eigenvalue weighted by molar-refractivity contribution is 6.08. The number of allylic oxidation sites excluding steroid dienone is 2. The predicted octanol–water partition coefficient (Wildman–Crippen LogP) is 4.13. The van der Waals surface area contributed by atoms with Crippen LogP contribution in [-0.4, -0.2) is 16.9 Å². The monoisotopic (exact) mass is 344 g/mol. The summed E-state index contributed by atoms with van der Waals surface area (Å²) in [6.45, 7) is 3.49. The average molecular weight is 344 g/mol. The van der Waals surface area contributed by atoms with Crippen molar-refractivity contribution in [3.05, 3.63) is 91.2 Å². The van der Waals surface area contributed by atoms with Crippen LogP contribution in [0.3, 0.4) is 0 Å². The van der Waals surface area contributed by atoms with Crippen molar-refractivity contribution in [3.63, 3.8) is 0 Å². The molecule has 0 atom stereocenters. The first-order valence-corrected chi connectivity index (χ1v) is 7.93. The SMILES string of the molecule is C=C/C=C/C(=O)Oc1cccc(C(=O)Nc2cccc3cccnc23)c1. The van der Waals surface area contributed by atoms with Gasteiger partial charge in [0.1, 0.15) is 5.75 Å². The number of para-hydroxylation sites is 1. The summed E-state index contributed by atoms with van der Waals surface area (Å²) in [7, 11) is 0. The molecule has 3 rings (SSSR count). The molecule has 0 unspecified atom stereocenters. The van der Waals surface area contributed by atoms with Gasteiger partial charge in [-0.1, -0.05) is 43.0 Å². The van der Waals surface area contributed by atoms with E-state index in [9.17, 15) is 9.59 Å². The molecule has 5 heteroatoms. The lowest BCUT2D eigenvalue weighted by Gasteiger charge is -2.09. The van der Waals surface area contributed by atoms with E-state index >= 15 is 0 Å². The highest BCUT2D eigenvalue weighted by atomic mass is 16.5. The lowest BCUT2D eigenvalue weighted by Crippen LogP contribution is -2.13. The number of hydrogen-bond donors (Lipinski definition) is 1. The zero-order chi connectivity index (χ0) is 18.4. The first-order chi connectivity index (χ1) is 12.7. The van der Waals surface area contributed by atoms with Crippen LogP contribution >= 0.6 is 0 Å². The molecule has 0 saturated carbocycles. The van der Waals surface area contributed by atoms with Crippen molar-refractivity contribution in [2.75, 3.05) is 5.32 Å². The van der Waals surface area contributed by atoms with Gasteiger partial charge in [0.15, 0.2) is 0 Å². The van der Waals surface area contributed by atoms with Crippen molar-refractivity contribution in [2.45, 2.75) is 0 Å². The smallest absolute Gasteiger partial charge is 0.336 e. The van der Waals surface area contributed by atoms with E-state index in [4.69, 9.17) is 4.74 Å². The standard InChI is InChI=1S/C21H16N2O3/c1-2-3-12-19(24)26-17-10-4-8-16(14-17)21(25)23-18-11-5-7-15-9-6-13-22-20(15)18/h2-14H,1H2,(H,23,25)/b12-3+. The van der Waals surface area contributed by atoms with Crippen molar-refractivity contribution in [1.82, 2.24) is 4.98 Å². The van der Waals surface area contributed by atoms with Crippen LogP contribution in [0.4, 0.5) is 5.69 Å². The Labute approximate surface area is 150 Å². The van der Waals surface area contributed by atoms with Gasteiger partial charge in [-0.05, 0) is 30.3 Å². The van der Waals surface area contributed by atoms with Crippen molar-refractivity contribution in [1.29, 1.82) is 0 Å². The molecule has 0 saturated heterocycles. The highest BCUT2D eigenvalue weighted by Crippen LogP contribution is 2.22. The molecule has 0 fully saturated rings. The average Bonchev–Trinajstić information content (AvgIpc) is 2.67. The molecule has 0 aliphatic heterocycles.